The second kappa shape index (κ2) is 5.03. The normalized spacial score (nSPS) is 21.1. The van der Waals surface area contributed by atoms with Gasteiger partial charge in [-0.25, -0.2) is 4.79 Å². The molecule has 1 unspecified atom stereocenters. The average molecular weight is 279 g/mol. The maximum Gasteiger partial charge on any atom is 0.329 e. The number of rotatable bonds is 5. The summed E-state index contributed by atoms with van der Waals surface area (Å²) in [5.74, 6) is -0.152. The highest BCUT2D eigenvalue weighted by Gasteiger charge is 2.48. The number of carbonyl (C=O) groups is 2. The molecule has 3 amide bonds. The fourth-order valence-corrected chi connectivity index (χ4v) is 2.09. The molecule has 1 fully saturated rings. The molecule has 1 aliphatic rings. The highest BCUT2D eigenvalue weighted by molar-refractivity contribution is 6.18. The molecule has 0 aromatic heterocycles. The van der Waals surface area contributed by atoms with Crippen molar-refractivity contribution < 1.29 is 19.2 Å². The lowest BCUT2D eigenvalue weighted by Crippen LogP contribution is -2.57. The van der Waals surface area contributed by atoms with Gasteiger partial charge in [0.05, 0.1) is 20.0 Å². The Balaban J connectivity index is 2.77. The minimum absolute atomic E-state index is 0.149. The van der Waals surface area contributed by atoms with E-state index < -0.39 is 17.7 Å². The van der Waals surface area contributed by atoms with Gasteiger partial charge in [-0.1, -0.05) is 0 Å². The van der Waals surface area contributed by atoms with Crippen LogP contribution in [0.5, 0.6) is 0 Å². The summed E-state index contributed by atoms with van der Waals surface area (Å²) < 4.78 is 0.373. The molecule has 1 aliphatic heterocycles. The number of halogens is 1. The predicted octanol–water partition coefficient (Wildman–Crippen LogP) is -0.0496. The van der Waals surface area contributed by atoms with Gasteiger partial charge in [-0.2, -0.15) is 0 Å². The summed E-state index contributed by atoms with van der Waals surface area (Å²) in [6.07, 6.45) is -0.633. The summed E-state index contributed by atoms with van der Waals surface area (Å²) in [6.45, 7) is 4.15. The molecule has 0 aliphatic carbocycles. The lowest BCUT2D eigenvalue weighted by molar-refractivity contribution is -0.902. The molecule has 0 radical (unpaired) electrons. The van der Waals surface area contributed by atoms with Gasteiger partial charge in [-0.05, 0) is 13.8 Å². The Morgan fingerprint density at radius 1 is 1.44 bits per heavy atom. The molecule has 0 aromatic carbocycles. The molecule has 1 atom stereocenters. The van der Waals surface area contributed by atoms with Crippen LogP contribution >= 0.6 is 11.6 Å². The number of aliphatic hydroxyl groups is 1. The Bertz CT molecular complexity index is 357. The summed E-state index contributed by atoms with van der Waals surface area (Å²) in [6, 6.07) is -0.392. The summed E-state index contributed by atoms with van der Waals surface area (Å²) >= 11 is 5.58. The summed E-state index contributed by atoms with van der Waals surface area (Å²) in [7, 11) is 3.75. The third-order valence-electron chi connectivity index (χ3n) is 3.10. The van der Waals surface area contributed by atoms with Crippen molar-refractivity contribution in [1.29, 1.82) is 0 Å². The molecular weight excluding hydrogens is 258 g/mol. The molecule has 0 spiro atoms. The standard InChI is InChI=1S/C11H20ClN3O3/c1-11(2)9(17)13-10(18)14(11)7-15(3,4)6-8(16)5-12/h8,16H,5-7H2,1-4H3/p+1. The number of quaternary nitrogens is 1. The summed E-state index contributed by atoms with van der Waals surface area (Å²) in [4.78, 5) is 24.8. The molecular formula is C11H21ClN3O3+. The van der Waals surface area contributed by atoms with Crippen LogP contribution in [0.15, 0.2) is 0 Å². The first-order valence-electron chi connectivity index (χ1n) is 5.79. The quantitative estimate of drug-likeness (QED) is 0.421. The van der Waals surface area contributed by atoms with E-state index in [2.05, 4.69) is 5.32 Å². The van der Waals surface area contributed by atoms with E-state index >= 15 is 0 Å². The number of likely N-dealkylation sites (N-methyl/N-ethyl adjacent to an activating group) is 1. The Labute approximate surface area is 112 Å². The van der Waals surface area contributed by atoms with Crippen LogP contribution in [0.3, 0.4) is 0 Å². The van der Waals surface area contributed by atoms with Crippen LogP contribution in [0.1, 0.15) is 13.8 Å². The number of hydrogen-bond acceptors (Lipinski definition) is 3. The van der Waals surface area contributed by atoms with E-state index in [4.69, 9.17) is 11.6 Å². The number of nitrogens with zero attached hydrogens (tertiary/aromatic N) is 2. The van der Waals surface area contributed by atoms with E-state index in [-0.39, 0.29) is 11.8 Å². The van der Waals surface area contributed by atoms with Gasteiger partial charge < -0.3 is 9.59 Å². The van der Waals surface area contributed by atoms with E-state index in [0.717, 1.165) is 0 Å². The number of imide groups is 1. The molecule has 1 heterocycles. The zero-order chi connectivity index (χ0) is 14.1. The van der Waals surface area contributed by atoms with Gasteiger partial charge in [0.2, 0.25) is 0 Å². The monoisotopic (exact) mass is 278 g/mol. The van der Waals surface area contributed by atoms with Crippen LogP contribution in [0.2, 0.25) is 0 Å². The van der Waals surface area contributed by atoms with Crippen molar-refractivity contribution >= 4 is 23.5 Å². The van der Waals surface area contributed by atoms with Crippen molar-refractivity contribution in [2.75, 3.05) is 33.2 Å². The Hall–Kier alpha value is -0.850. The van der Waals surface area contributed by atoms with Crippen LogP contribution in [-0.4, -0.2) is 71.3 Å². The average Bonchev–Trinajstić information content (AvgIpc) is 2.40. The molecule has 0 aromatic rings. The Morgan fingerprint density at radius 2 is 2.00 bits per heavy atom. The predicted molar refractivity (Wildman–Crippen MR) is 68.0 cm³/mol. The molecule has 1 rings (SSSR count). The van der Waals surface area contributed by atoms with Gasteiger partial charge in [-0.3, -0.25) is 15.0 Å². The number of urea groups is 1. The van der Waals surface area contributed by atoms with E-state index in [0.29, 0.717) is 17.7 Å². The van der Waals surface area contributed by atoms with Crippen molar-refractivity contribution in [3.05, 3.63) is 0 Å². The third kappa shape index (κ3) is 3.13. The van der Waals surface area contributed by atoms with Gasteiger partial charge in [0.25, 0.3) is 5.91 Å². The van der Waals surface area contributed by atoms with Crippen LogP contribution in [0, 0.1) is 0 Å². The highest BCUT2D eigenvalue weighted by Crippen LogP contribution is 2.22. The van der Waals surface area contributed by atoms with E-state index in [1.807, 2.05) is 14.1 Å². The van der Waals surface area contributed by atoms with Gasteiger partial charge >= 0.3 is 6.03 Å². The number of alkyl halides is 1. The van der Waals surface area contributed by atoms with Crippen molar-refractivity contribution in [3.63, 3.8) is 0 Å². The zero-order valence-corrected chi connectivity index (χ0v) is 12.0. The first-order chi connectivity index (χ1) is 8.10. The van der Waals surface area contributed by atoms with Crippen molar-refractivity contribution in [2.24, 2.45) is 0 Å². The SMILES string of the molecule is CC1(C)C(=O)NC(=O)N1C[N+](C)(C)CC(O)CCl. The van der Waals surface area contributed by atoms with E-state index in [9.17, 15) is 14.7 Å². The van der Waals surface area contributed by atoms with Crippen LogP contribution < -0.4 is 5.32 Å². The summed E-state index contributed by atoms with van der Waals surface area (Å²) in [5, 5.41) is 11.9. The molecule has 6 nitrogen and oxygen atoms in total. The molecule has 104 valence electrons. The molecule has 7 heteroatoms. The lowest BCUT2D eigenvalue weighted by Gasteiger charge is -2.38. The number of aliphatic hydroxyl groups excluding tert-OH is 1. The topological polar surface area (TPSA) is 69.6 Å². The second-order valence-corrected chi connectivity index (χ2v) is 6.12. The minimum Gasteiger partial charge on any atom is -0.386 e. The maximum absolute atomic E-state index is 11.7. The largest absolute Gasteiger partial charge is 0.386 e. The first kappa shape index (κ1) is 15.2. The fraction of sp³-hybridized carbons (Fsp3) is 0.818. The Kier molecular flexibility index (Phi) is 4.25. The highest BCUT2D eigenvalue weighted by atomic mass is 35.5. The molecule has 0 bridgehead atoms. The zero-order valence-electron chi connectivity index (χ0n) is 11.2. The first-order valence-corrected chi connectivity index (χ1v) is 6.33. The van der Waals surface area contributed by atoms with Crippen molar-refractivity contribution in [2.45, 2.75) is 25.5 Å². The van der Waals surface area contributed by atoms with Gasteiger partial charge in [-0.15, -0.1) is 11.6 Å². The lowest BCUT2D eigenvalue weighted by atomic mass is 10.1. The molecule has 1 saturated heterocycles. The molecule has 2 N–H and O–H groups in total. The number of hydrogen-bond donors (Lipinski definition) is 2. The van der Waals surface area contributed by atoms with Crippen LogP contribution in [0.25, 0.3) is 0 Å². The number of nitrogens with one attached hydrogen (secondary N) is 1. The van der Waals surface area contributed by atoms with E-state index in [1.165, 1.54) is 4.90 Å². The third-order valence-corrected chi connectivity index (χ3v) is 3.46. The molecule has 18 heavy (non-hydrogen) atoms. The second-order valence-electron chi connectivity index (χ2n) is 5.81. The molecule has 0 saturated carbocycles. The number of carbonyl (C=O) groups excluding carboxylic acids is 2. The van der Waals surface area contributed by atoms with Gasteiger partial charge in [0, 0.05) is 0 Å². The smallest absolute Gasteiger partial charge is 0.329 e. The Morgan fingerprint density at radius 3 is 2.39 bits per heavy atom. The van der Waals surface area contributed by atoms with Crippen LogP contribution in [0.4, 0.5) is 4.79 Å². The summed E-state index contributed by atoms with van der Waals surface area (Å²) in [5.41, 5.74) is -0.863. The van der Waals surface area contributed by atoms with Gasteiger partial charge in [0.1, 0.15) is 18.2 Å². The minimum atomic E-state index is -0.863. The van der Waals surface area contributed by atoms with Crippen molar-refractivity contribution in [3.8, 4) is 0 Å². The number of amides is 3. The van der Waals surface area contributed by atoms with Gasteiger partial charge in [0.15, 0.2) is 6.67 Å². The fourth-order valence-electron chi connectivity index (χ4n) is 1.99. The van der Waals surface area contributed by atoms with Crippen molar-refractivity contribution in [1.82, 2.24) is 10.2 Å². The van der Waals surface area contributed by atoms with Crippen LogP contribution in [-0.2, 0) is 4.79 Å². The maximum atomic E-state index is 11.7. The van der Waals surface area contributed by atoms with E-state index in [1.54, 1.807) is 13.8 Å².